The first kappa shape index (κ1) is 14.8. The maximum Gasteiger partial charge on any atom is 0.410 e. The van der Waals surface area contributed by atoms with Crippen LogP contribution in [0.25, 0.3) is 0 Å². The average Bonchev–Trinajstić information content (AvgIpc) is 2.38. The Morgan fingerprint density at radius 2 is 1.85 bits per heavy atom. The SMILES string of the molecule is CC(C)(C)OC(=O)N1CCN(c2cnc(Cl)cn2)CC1. The van der Waals surface area contributed by atoms with Gasteiger partial charge in [-0.05, 0) is 20.8 Å². The number of piperazine rings is 1. The monoisotopic (exact) mass is 298 g/mol. The molecule has 6 nitrogen and oxygen atoms in total. The van der Waals surface area contributed by atoms with Crippen LogP contribution in [0.1, 0.15) is 20.8 Å². The molecule has 7 heteroatoms. The third-order valence-corrected chi connectivity index (χ3v) is 3.06. The zero-order valence-electron chi connectivity index (χ0n) is 12.0. The number of amides is 1. The molecular weight excluding hydrogens is 280 g/mol. The molecule has 2 heterocycles. The Kier molecular flexibility index (Phi) is 4.32. The number of nitrogens with zero attached hydrogens (tertiary/aromatic N) is 4. The van der Waals surface area contributed by atoms with Crippen LogP contribution in [-0.2, 0) is 4.74 Å². The van der Waals surface area contributed by atoms with E-state index < -0.39 is 5.60 Å². The summed E-state index contributed by atoms with van der Waals surface area (Å²) < 4.78 is 5.36. The molecule has 20 heavy (non-hydrogen) atoms. The number of aromatic nitrogens is 2. The third-order valence-electron chi connectivity index (χ3n) is 2.86. The van der Waals surface area contributed by atoms with E-state index in [-0.39, 0.29) is 6.09 Å². The second-order valence-electron chi connectivity index (χ2n) is 5.65. The predicted molar refractivity (Wildman–Crippen MR) is 77.1 cm³/mol. The number of ether oxygens (including phenoxy) is 1. The van der Waals surface area contributed by atoms with Gasteiger partial charge in [-0.1, -0.05) is 11.6 Å². The second kappa shape index (κ2) is 5.83. The summed E-state index contributed by atoms with van der Waals surface area (Å²) in [7, 11) is 0. The number of hydrogen-bond acceptors (Lipinski definition) is 5. The van der Waals surface area contributed by atoms with Crippen LogP contribution in [-0.4, -0.2) is 52.7 Å². The van der Waals surface area contributed by atoms with Crippen molar-refractivity contribution in [3.05, 3.63) is 17.5 Å². The molecule has 110 valence electrons. The maximum atomic E-state index is 11.9. The van der Waals surface area contributed by atoms with Crippen LogP contribution >= 0.6 is 11.6 Å². The smallest absolute Gasteiger partial charge is 0.410 e. The van der Waals surface area contributed by atoms with Gasteiger partial charge < -0.3 is 14.5 Å². The normalized spacial score (nSPS) is 16.2. The van der Waals surface area contributed by atoms with Gasteiger partial charge >= 0.3 is 6.09 Å². The number of rotatable bonds is 1. The van der Waals surface area contributed by atoms with Crippen LogP contribution in [0, 0.1) is 0 Å². The molecule has 0 spiro atoms. The fourth-order valence-corrected chi connectivity index (χ4v) is 2.01. The lowest BCUT2D eigenvalue weighted by Gasteiger charge is -2.35. The van der Waals surface area contributed by atoms with Crippen LogP contribution in [0.15, 0.2) is 12.4 Å². The molecule has 0 N–H and O–H groups in total. The molecule has 1 saturated heterocycles. The van der Waals surface area contributed by atoms with Crippen molar-refractivity contribution in [3.63, 3.8) is 0 Å². The van der Waals surface area contributed by atoms with Gasteiger partial charge in [0.1, 0.15) is 16.6 Å². The van der Waals surface area contributed by atoms with Crippen molar-refractivity contribution >= 4 is 23.5 Å². The molecule has 0 aromatic carbocycles. The van der Waals surface area contributed by atoms with Gasteiger partial charge in [0, 0.05) is 26.2 Å². The van der Waals surface area contributed by atoms with E-state index in [2.05, 4.69) is 14.9 Å². The van der Waals surface area contributed by atoms with Crippen molar-refractivity contribution in [2.24, 2.45) is 0 Å². The van der Waals surface area contributed by atoms with Crippen molar-refractivity contribution in [3.8, 4) is 0 Å². The lowest BCUT2D eigenvalue weighted by atomic mass is 10.2. The fourth-order valence-electron chi connectivity index (χ4n) is 1.91. The van der Waals surface area contributed by atoms with Gasteiger partial charge in [-0.2, -0.15) is 0 Å². The first-order valence-electron chi connectivity index (χ1n) is 6.55. The summed E-state index contributed by atoms with van der Waals surface area (Å²) in [6, 6.07) is 0. The lowest BCUT2D eigenvalue weighted by molar-refractivity contribution is 0.0240. The summed E-state index contributed by atoms with van der Waals surface area (Å²) in [6.45, 7) is 8.23. The summed E-state index contributed by atoms with van der Waals surface area (Å²) in [6.07, 6.45) is 2.90. The van der Waals surface area contributed by atoms with Crippen molar-refractivity contribution < 1.29 is 9.53 Å². The number of hydrogen-bond donors (Lipinski definition) is 0. The van der Waals surface area contributed by atoms with E-state index in [1.165, 1.54) is 6.20 Å². The van der Waals surface area contributed by atoms with Crippen LogP contribution in [0.5, 0.6) is 0 Å². The van der Waals surface area contributed by atoms with Gasteiger partial charge in [-0.25, -0.2) is 14.8 Å². The van der Waals surface area contributed by atoms with Crippen LogP contribution in [0.2, 0.25) is 5.15 Å². The molecule has 0 radical (unpaired) electrons. The first-order valence-corrected chi connectivity index (χ1v) is 6.93. The zero-order chi connectivity index (χ0) is 14.8. The zero-order valence-corrected chi connectivity index (χ0v) is 12.7. The number of carbonyl (C=O) groups is 1. The molecule has 1 aromatic rings. The summed E-state index contributed by atoms with van der Waals surface area (Å²) in [5.41, 5.74) is -0.462. The average molecular weight is 299 g/mol. The largest absolute Gasteiger partial charge is 0.444 e. The van der Waals surface area contributed by atoms with Crippen molar-refractivity contribution in [2.45, 2.75) is 26.4 Å². The molecule has 0 bridgehead atoms. The van der Waals surface area contributed by atoms with Crippen LogP contribution in [0.4, 0.5) is 10.6 Å². The second-order valence-corrected chi connectivity index (χ2v) is 6.04. The summed E-state index contributed by atoms with van der Waals surface area (Å²) in [4.78, 5) is 24.0. The van der Waals surface area contributed by atoms with Crippen molar-refractivity contribution in [2.75, 3.05) is 31.1 Å². The number of halogens is 1. The summed E-state index contributed by atoms with van der Waals surface area (Å²) >= 11 is 5.72. The van der Waals surface area contributed by atoms with E-state index >= 15 is 0 Å². The molecule has 0 aliphatic carbocycles. The molecule has 1 fully saturated rings. The quantitative estimate of drug-likeness (QED) is 0.795. The van der Waals surface area contributed by atoms with Gasteiger partial charge in [0.05, 0.1) is 12.4 Å². The van der Waals surface area contributed by atoms with Gasteiger partial charge in [0.2, 0.25) is 0 Å². The van der Waals surface area contributed by atoms with E-state index in [0.29, 0.717) is 31.3 Å². The molecule has 0 atom stereocenters. The Morgan fingerprint density at radius 3 is 2.35 bits per heavy atom. The summed E-state index contributed by atoms with van der Waals surface area (Å²) in [5, 5.41) is 0.376. The highest BCUT2D eigenvalue weighted by Gasteiger charge is 2.26. The highest BCUT2D eigenvalue weighted by Crippen LogP contribution is 2.16. The van der Waals surface area contributed by atoms with Gasteiger partial charge in [0.15, 0.2) is 0 Å². The molecule has 1 aliphatic heterocycles. The molecule has 1 amide bonds. The fraction of sp³-hybridized carbons (Fsp3) is 0.615. The number of carbonyl (C=O) groups excluding carboxylic acids is 1. The van der Waals surface area contributed by atoms with Crippen molar-refractivity contribution in [1.29, 1.82) is 0 Å². The van der Waals surface area contributed by atoms with E-state index in [1.807, 2.05) is 20.8 Å². The molecule has 2 rings (SSSR count). The minimum Gasteiger partial charge on any atom is -0.444 e. The highest BCUT2D eigenvalue weighted by atomic mass is 35.5. The molecular formula is C13H19ClN4O2. The van der Waals surface area contributed by atoms with Crippen molar-refractivity contribution in [1.82, 2.24) is 14.9 Å². The van der Waals surface area contributed by atoms with Crippen LogP contribution in [0.3, 0.4) is 0 Å². The van der Waals surface area contributed by atoms with E-state index in [0.717, 1.165) is 5.82 Å². The van der Waals surface area contributed by atoms with E-state index in [4.69, 9.17) is 16.3 Å². The molecule has 1 aromatic heterocycles. The number of anilines is 1. The Balaban J connectivity index is 1.89. The Labute approximate surface area is 123 Å². The summed E-state index contributed by atoms with van der Waals surface area (Å²) in [5.74, 6) is 0.776. The standard InChI is InChI=1S/C13H19ClN4O2/c1-13(2,3)20-12(19)18-6-4-17(5-7-18)11-9-15-10(14)8-16-11/h8-9H,4-7H2,1-3H3. The topological polar surface area (TPSA) is 58.6 Å². The Hall–Kier alpha value is -1.56. The Bertz CT molecular complexity index is 464. The maximum absolute atomic E-state index is 11.9. The lowest BCUT2D eigenvalue weighted by Crippen LogP contribution is -2.50. The first-order chi connectivity index (χ1) is 9.35. The van der Waals surface area contributed by atoms with Crippen LogP contribution < -0.4 is 4.90 Å². The van der Waals surface area contributed by atoms with Gasteiger partial charge in [-0.3, -0.25) is 0 Å². The minimum absolute atomic E-state index is 0.264. The van der Waals surface area contributed by atoms with Gasteiger partial charge in [-0.15, -0.1) is 0 Å². The Morgan fingerprint density at radius 1 is 1.20 bits per heavy atom. The molecule has 0 unspecified atom stereocenters. The minimum atomic E-state index is -0.462. The molecule has 1 aliphatic rings. The van der Waals surface area contributed by atoms with E-state index in [9.17, 15) is 4.79 Å². The predicted octanol–water partition coefficient (Wildman–Crippen LogP) is 2.19. The highest BCUT2D eigenvalue weighted by molar-refractivity contribution is 6.29. The van der Waals surface area contributed by atoms with E-state index in [1.54, 1.807) is 11.1 Å². The third kappa shape index (κ3) is 3.96. The van der Waals surface area contributed by atoms with Gasteiger partial charge in [0.25, 0.3) is 0 Å². The molecule has 0 saturated carbocycles.